The fourth-order valence-corrected chi connectivity index (χ4v) is 2.18. The van der Waals surface area contributed by atoms with Gasteiger partial charge in [-0.1, -0.05) is 31.5 Å². The molecule has 4 nitrogen and oxygen atoms in total. The first-order chi connectivity index (χ1) is 9.55. The van der Waals surface area contributed by atoms with Crippen LogP contribution >= 0.6 is 11.6 Å². The van der Waals surface area contributed by atoms with Crippen LogP contribution in [0.1, 0.15) is 46.6 Å². The largest absolute Gasteiger partial charge is 0.444 e. The molecule has 21 heavy (non-hydrogen) atoms. The van der Waals surface area contributed by atoms with Crippen LogP contribution in [0, 0.1) is 0 Å². The second-order valence-electron chi connectivity index (χ2n) is 6.74. The molecule has 0 aromatic heterocycles. The molecule has 0 saturated carbocycles. The fraction of sp³-hybridized carbons (Fsp3) is 0.562. The Hall–Kier alpha value is -1.26. The van der Waals surface area contributed by atoms with Crippen molar-refractivity contribution in [1.82, 2.24) is 0 Å². The highest BCUT2D eigenvalue weighted by Crippen LogP contribution is 2.32. The van der Waals surface area contributed by atoms with Crippen LogP contribution in [-0.2, 0) is 10.2 Å². The lowest BCUT2D eigenvalue weighted by atomic mass is 9.81. The molecule has 118 valence electrons. The summed E-state index contributed by atoms with van der Waals surface area (Å²) >= 11 is 6.25. The number of rotatable bonds is 4. The molecule has 1 aromatic rings. The molecule has 0 saturated heterocycles. The highest BCUT2D eigenvalue weighted by atomic mass is 35.5. The van der Waals surface area contributed by atoms with Crippen molar-refractivity contribution in [3.63, 3.8) is 0 Å². The van der Waals surface area contributed by atoms with Crippen molar-refractivity contribution in [1.29, 1.82) is 0 Å². The monoisotopic (exact) mass is 312 g/mol. The molecule has 0 aliphatic heterocycles. The molecule has 1 rings (SSSR count). The maximum Gasteiger partial charge on any atom is 0.412 e. The van der Waals surface area contributed by atoms with E-state index in [-0.39, 0.29) is 5.41 Å². The third kappa shape index (κ3) is 5.56. The van der Waals surface area contributed by atoms with E-state index < -0.39 is 11.7 Å². The van der Waals surface area contributed by atoms with E-state index in [4.69, 9.17) is 22.1 Å². The van der Waals surface area contributed by atoms with Crippen molar-refractivity contribution >= 4 is 23.4 Å². The molecule has 5 heteroatoms. The first kappa shape index (κ1) is 17.8. The number of hydrogen-bond donors (Lipinski definition) is 2. The van der Waals surface area contributed by atoms with Gasteiger partial charge in [-0.05, 0) is 56.8 Å². The first-order valence-electron chi connectivity index (χ1n) is 7.05. The van der Waals surface area contributed by atoms with Crippen LogP contribution in [0.4, 0.5) is 10.5 Å². The number of carbonyl (C=O) groups excluding carboxylic acids is 1. The number of anilines is 1. The molecule has 0 heterocycles. The highest BCUT2D eigenvalue weighted by Gasteiger charge is 2.21. The van der Waals surface area contributed by atoms with Gasteiger partial charge in [-0.15, -0.1) is 0 Å². The van der Waals surface area contributed by atoms with E-state index in [0.29, 0.717) is 17.3 Å². The smallest absolute Gasteiger partial charge is 0.412 e. The molecule has 0 aliphatic rings. The van der Waals surface area contributed by atoms with E-state index in [1.807, 2.05) is 32.9 Å². The molecule has 3 N–H and O–H groups in total. The Morgan fingerprint density at radius 2 is 1.90 bits per heavy atom. The summed E-state index contributed by atoms with van der Waals surface area (Å²) < 4.78 is 5.21. The standard InChI is InChI=1S/C16H25ClN2O2/c1-15(2,3)21-14(20)19-13-7-6-11(10-12(13)17)16(4,5)8-9-18/h6-7,10H,8-9,18H2,1-5H3,(H,19,20). The molecule has 0 atom stereocenters. The van der Waals surface area contributed by atoms with Gasteiger partial charge in [0.05, 0.1) is 10.7 Å². The average Bonchev–Trinajstić information content (AvgIpc) is 2.29. The summed E-state index contributed by atoms with van der Waals surface area (Å²) in [6.07, 6.45) is 0.348. The molecule has 1 amide bonds. The Balaban J connectivity index is 2.86. The number of halogens is 1. The van der Waals surface area contributed by atoms with Gasteiger partial charge in [-0.25, -0.2) is 4.79 Å². The molecule has 1 aromatic carbocycles. The number of ether oxygens (including phenoxy) is 1. The minimum absolute atomic E-state index is 0.0527. The van der Waals surface area contributed by atoms with E-state index in [1.165, 1.54) is 0 Å². The number of nitrogens with two attached hydrogens (primary N) is 1. The van der Waals surface area contributed by atoms with Gasteiger partial charge in [-0.3, -0.25) is 5.32 Å². The van der Waals surface area contributed by atoms with E-state index in [9.17, 15) is 4.79 Å². The van der Waals surface area contributed by atoms with Crippen molar-refractivity contribution in [3.8, 4) is 0 Å². The lowest BCUT2D eigenvalue weighted by molar-refractivity contribution is 0.0636. The molecule has 0 aliphatic carbocycles. The van der Waals surface area contributed by atoms with Gasteiger partial charge in [0.2, 0.25) is 0 Å². The zero-order chi connectivity index (χ0) is 16.3. The number of carbonyl (C=O) groups is 1. The number of amides is 1. The van der Waals surface area contributed by atoms with Gasteiger partial charge in [0.15, 0.2) is 0 Å². The molecule has 0 bridgehead atoms. The quantitative estimate of drug-likeness (QED) is 0.870. The predicted octanol–water partition coefficient (Wildman–Crippen LogP) is 4.31. The van der Waals surface area contributed by atoms with Crippen molar-refractivity contribution in [2.45, 2.75) is 52.1 Å². The van der Waals surface area contributed by atoms with E-state index >= 15 is 0 Å². The van der Waals surface area contributed by atoms with Crippen molar-refractivity contribution in [2.24, 2.45) is 5.73 Å². The number of benzene rings is 1. The Bertz CT molecular complexity index is 507. The van der Waals surface area contributed by atoms with Crippen molar-refractivity contribution in [2.75, 3.05) is 11.9 Å². The lowest BCUT2D eigenvalue weighted by Crippen LogP contribution is -2.27. The zero-order valence-electron chi connectivity index (χ0n) is 13.4. The van der Waals surface area contributed by atoms with Crippen LogP contribution in [-0.4, -0.2) is 18.2 Å². The number of hydrogen-bond acceptors (Lipinski definition) is 3. The summed E-state index contributed by atoms with van der Waals surface area (Å²) in [5, 5.41) is 3.15. The predicted molar refractivity (Wildman–Crippen MR) is 88.0 cm³/mol. The third-order valence-corrected chi connectivity index (χ3v) is 3.47. The SMILES string of the molecule is CC(C)(C)OC(=O)Nc1ccc(C(C)(C)CCN)cc1Cl. The van der Waals surface area contributed by atoms with Crippen LogP contribution in [0.25, 0.3) is 0 Å². The Morgan fingerprint density at radius 3 is 2.38 bits per heavy atom. The minimum Gasteiger partial charge on any atom is -0.444 e. The van der Waals surface area contributed by atoms with Gasteiger partial charge < -0.3 is 10.5 Å². The number of nitrogens with one attached hydrogen (secondary N) is 1. The Kier molecular flexibility index (Phi) is 5.65. The lowest BCUT2D eigenvalue weighted by Gasteiger charge is -2.25. The summed E-state index contributed by atoms with van der Waals surface area (Å²) in [5.74, 6) is 0. The Morgan fingerprint density at radius 1 is 1.29 bits per heavy atom. The van der Waals surface area contributed by atoms with Crippen molar-refractivity contribution in [3.05, 3.63) is 28.8 Å². The molecular formula is C16H25ClN2O2. The normalized spacial score (nSPS) is 12.1. The molecule has 0 unspecified atom stereocenters. The first-order valence-corrected chi connectivity index (χ1v) is 7.43. The highest BCUT2D eigenvalue weighted by molar-refractivity contribution is 6.33. The summed E-state index contributed by atoms with van der Waals surface area (Å²) in [4.78, 5) is 11.8. The molecule has 0 spiro atoms. The minimum atomic E-state index is -0.542. The topological polar surface area (TPSA) is 64.3 Å². The maximum absolute atomic E-state index is 11.8. The van der Waals surface area contributed by atoms with E-state index in [1.54, 1.807) is 6.07 Å². The van der Waals surface area contributed by atoms with Gasteiger partial charge in [-0.2, -0.15) is 0 Å². The Labute approximate surface area is 132 Å². The average molecular weight is 313 g/mol. The molecule has 0 fully saturated rings. The van der Waals surface area contributed by atoms with E-state index in [0.717, 1.165) is 12.0 Å². The van der Waals surface area contributed by atoms with Gasteiger partial charge in [0.1, 0.15) is 5.60 Å². The third-order valence-electron chi connectivity index (χ3n) is 3.16. The van der Waals surface area contributed by atoms with Crippen LogP contribution in [0.15, 0.2) is 18.2 Å². The van der Waals surface area contributed by atoms with Crippen LogP contribution < -0.4 is 11.1 Å². The second-order valence-corrected chi connectivity index (χ2v) is 7.15. The van der Waals surface area contributed by atoms with Gasteiger partial charge >= 0.3 is 6.09 Å². The maximum atomic E-state index is 11.8. The second kappa shape index (κ2) is 6.67. The van der Waals surface area contributed by atoms with Gasteiger partial charge in [0.25, 0.3) is 0 Å². The summed E-state index contributed by atoms with van der Waals surface area (Å²) in [6, 6.07) is 5.61. The van der Waals surface area contributed by atoms with Gasteiger partial charge in [0, 0.05) is 0 Å². The van der Waals surface area contributed by atoms with Crippen molar-refractivity contribution < 1.29 is 9.53 Å². The zero-order valence-corrected chi connectivity index (χ0v) is 14.2. The summed E-state index contributed by atoms with van der Waals surface area (Å²) in [6.45, 7) is 10.3. The van der Waals surface area contributed by atoms with Crippen LogP contribution in [0.3, 0.4) is 0 Å². The fourth-order valence-electron chi connectivity index (χ4n) is 1.96. The van der Waals surface area contributed by atoms with E-state index in [2.05, 4.69) is 19.2 Å². The summed E-state index contributed by atoms with van der Waals surface area (Å²) in [7, 11) is 0. The van der Waals surface area contributed by atoms with Crippen LogP contribution in [0.5, 0.6) is 0 Å². The van der Waals surface area contributed by atoms with Crippen LogP contribution in [0.2, 0.25) is 5.02 Å². The molecule has 0 radical (unpaired) electrons. The molecular weight excluding hydrogens is 288 g/mol. The summed E-state index contributed by atoms with van der Waals surface area (Å²) in [5.41, 5.74) is 6.67.